The van der Waals surface area contributed by atoms with E-state index in [0.29, 0.717) is 11.3 Å². The quantitative estimate of drug-likeness (QED) is 0.480. The highest BCUT2D eigenvalue weighted by Crippen LogP contribution is 2.38. The molecular weight excluding hydrogens is 369 g/mol. The number of alkyl halides is 3. The van der Waals surface area contributed by atoms with Gasteiger partial charge in [-0.05, 0) is 36.8 Å². The number of hydrogen-bond donors (Lipinski definition) is 3. The number of aromatic nitrogens is 3. The van der Waals surface area contributed by atoms with Gasteiger partial charge in [0.1, 0.15) is 5.65 Å². The number of hydrogen-bond acceptors (Lipinski definition) is 2. The number of nitrogens with zero attached hydrogens (tertiary/aromatic N) is 1. The van der Waals surface area contributed by atoms with Gasteiger partial charge in [-0.1, -0.05) is 12.1 Å². The maximum absolute atomic E-state index is 13.3. The van der Waals surface area contributed by atoms with Crippen LogP contribution >= 0.6 is 0 Å². The molecule has 0 bridgehead atoms. The van der Waals surface area contributed by atoms with Crippen molar-refractivity contribution in [3.05, 3.63) is 65.5 Å². The third-order valence-corrected chi connectivity index (χ3v) is 4.74. The Morgan fingerprint density at radius 2 is 1.93 bits per heavy atom. The largest absolute Gasteiger partial charge is 0.416 e. The van der Waals surface area contributed by atoms with Gasteiger partial charge >= 0.3 is 6.18 Å². The lowest BCUT2D eigenvalue weighted by Gasteiger charge is -2.14. The Morgan fingerprint density at radius 3 is 2.64 bits per heavy atom. The molecular formula is C20H15F3N4O. The summed E-state index contributed by atoms with van der Waals surface area (Å²) < 4.78 is 39.9. The van der Waals surface area contributed by atoms with Gasteiger partial charge in [-0.3, -0.25) is 4.79 Å². The van der Waals surface area contributed by atoms with Gasteiger partial charge in [0, 0.05) is 34.6 Å². The molecule has 0 fully saturated rings. The number of fused-ring (bicyclic) bond motifs is 1. The molecule has 4 N–H and O–H groups in total. The molecule has 0 aliphatic heterocycles. The summed E-state index contributed by atoms with van der Waals surface area (Å²) in [5, 5.41) is 0.812. The first-order chi connectivity index (χ1) is 13.3. The van der Waals surface area contributed by atoms with Crippen LogP contribution in [-0.2, 0) is 6.18 Å². The van der Waals surface area contributed by atoms with Crippen molar-refractivity contribution < 1.29 is 18.0 Å². The number of nitrogens with two attached hydrogens (primary N) is 1. The molecule has 0 unspecified atom stereocenters. The summed E-state index contributed by atoms with van der Waals surface area (Å²) >= 11 is 0. The van der Waals surface area contributed by atoms with E-state index in [1.54, 1.807) is 24.5 Å². The van der Waals surface area contributed by atoms with E-state index in [-0.39, 0.29) is 22.4 Å². The molecule has 1 aromatic carbocycles. The maximum Gasteiger partial charge on any atom is 0.416 e. The first kappa shape index (κ1) is 17.8. The highest BCUT2D eigenvalue weighted by atomic mass is 19.4. The van der Waals surface area contributed by atoms with Crippen LogP contribution in [0.15, 0.2) is 48.8 Å². The molecule has 4 rings (SSSR count). The molecule has 0 saturated heterocycles. The minimum atomic E-state index is -4.50. The average Bonchev–Trinajstić information content (AvgIpc) is 3.27. The van der Waals surface area contributed by atoms with Crippen molar-refractivity contribution in [1.82, 2.24) is 15.0 Å². The van der Waals surface area contributed by atoms with E-state index in [9.17, 15) is 18.0 Å². The number of amides is 1. The molecule has 1 amide bonds. The number of aromatic amines is 2. The van der Waals surface area contributed by atoms with E-state index in [0.717, 1.165) is 17.0 Å². The van der Waals surface area contributed by atoms with Crippen molar-refractivity contribution in [3.63, 3.8) is 0 Å². The zero-order chi connectivity index (χ0) is 20.1. The zero-order valence-corrected chi connectivity index (χ0v) is 14.7. The fraction of sp³-hybridized carbons (Fsp3) is 0.100. The molecule has 4 aromatic rings. The lowest BCUT2D eigenvalue weighted by molar-refractivity contribution is -0.138. The van der Waals surface area contributed by atoms with Gasteiger partial charge in [-0.2, -0.15) is 13.2 Å². The van der Waals surface area contributed by atoms with Crippen molar-refractivity contribution >= 4 is 16.9 Å². The third kappa shape index (κ3) is 2.83. The predicted molar refractivity (Wildman–Crippen MR) is 99.6 cm³/mol. The minimum absolute atomic E-state index is 0.0208. The van der Waals surface area contributed by atoms with Crippen LogP contribution in [0.4, 0.5) is 13.2 Å². The second kappa shape index (κ2) is 6.26. The summed E-state index contributed by atoms with van der Waals surface area (Å²) in [6.07, 6.45) is -1.16. The Balaban J connectivity index is 1.95. The summed E-state index contributed by atoms with van der Waals surface area (Å²) in [7, 11) is 0. The van der Waals surface area contributed by atoms with Crippen LogP contribution in [0, 0.1) is 6.92 Å². The van der Waals surface area contributed by atoms with Crippen LogP contribution in [0.2, 0.25) is 0 Å². The first-order valence-electron chi connectivity index (χ1n) is 8.40. The molecule has 0 aliphatic rings. The number of carbonyl (C=O) groups excluding carboxylic acids is 1. The predicted octanol–water partition coefficient (Wildman–Crippen LogP) is 4.65. The molecule has 3 aromatic heterocycles. The van der Waals surface area contributed by atoms with Crippen LogP contribution in [0.5, 0.6) is 0 Å². The number of pyridine rings is 1. The lowest BCUT2D eigenvalue weighted by atomic mass is 9.97. The average molecular weight is 384 g/mol. The molecule has 8 heteroatoms. The van der Waals surface area contributed by atoms with Crippen LogP contribution in [0.3, 0.4) is 0 Å². The molecule has 3 heterocycles. The minimum Gasteiger partial charge on any atom is -0.366 e. The smallest absolute Gasteiger partial charge is 0.366 e. The Labute approximate surface area is 157 Å². The van der Waals surface area contributed by atoms with Gasteiger partial charge in [0.15, 0.2) is 0 Å². The molecule has 5 nitrogen and oxygen atoms in total. The van der Waals surface area contributed by atoms with Crippen molar-refractivity contribution in [2.75, 3.05) is 0 Å². The zero-order valence-electron chi connectivity index (χ0n) is 14.7. The molecule has 28 heavy (non-hydrogen) atoms. The van der Waals surface area contributed by atoms with E-state index in [1.165, 1.54) is 19.1 Å². The summed E-state index contributed by atoms with van der Waals surface area (Å²) in [6, 6.07) is 9.00. The first-order valence-corrected chi connectivity index (χ1v) is 8.40. The highest BCUT2D eigenvalue weighted by molar-refractivity contribution is 6.02. The number of benzene rings is 1. The van der Waals surface area contributed by atoms with Crippen LogP contribution in [-0.4, -0.2) is 20.9 Å². The number of primary amides is 1. The number of nitrogens with one attached hydrogen (secondary N) is 2. The molecule has 0 spiro atoms. The molecule has 0 atom stereocenters. The summed E-state index contributed by atoms with van der Waals surface area (Å²) in [5.74, 6) is -0.728. The fourth-order valence-electron chi connectivity index (χ4n) is 3.42. The maximum atomic E-state index is 13.3. The van der Waals surface area contributed by atoms with Crippen molar-refractivity contribution in [2.45, 2.75) is 13.1 Å². The number of halogens is 3. The Kier molecular flexibility index (Phi) is 3.99. The highest BCUT2D eigenvalue weighted by Gasteiger charge is 2.33. The topological polar surface area (TPSA) is 87.6 Å². The standard InChI is InChI=1S/C20H15F3N4O/c1-10-11(3-2-4-15(10)20(21,22)23)17-14(18(24)28)9-16(27-17)12-5-7-25-19-13(12)6-8-26-19/h2-9,27H,1H3,(H2,24,28)(H,25,26). The monoisotopic (exact) mass is 384 g/mol. The molecule has 0 aliphatic carbocycles. The summed E-state index contributed by atoms with van der Waals surface area (Å²) in [5.41, 5.74) is 7.40. The van der Waals surface area contributed by atoms with E-state index in [1.807, 2.05) is 6.07 Å². The molecule has 142 valence electrons. The van der Waals surface area contributed by atoms with E-state index >= 15 is 0 Å². The normalized spacial score (nSPS) is 11.9. The Bertz CT molecular complexity index is 1200. The lowest BCUT2D eigenvalue weighted by Crippen LogP contribution is -2.12. The van der Waals surface area contributed by atoms with Gasteiger partial charge in [-0.15, -0.1) is 0 Å². The van der Waals surface area contributed by atoms with Crippen molar-refractivity contribution in [3.8, 4) is 22.5 Å². The van der Waals surface area contributed by atoms with Gasteiger partial charge in [0.25, 0.3) is 5.91 Å². The van der Waals surface area contributed by atoms with Gasteiger partial charge in [0.05, 0.1) is 16.8 Å². The third-order valence-electron chi connectivity index (χ3n) is 4.74. The Morgan fingerprint density at radius 1 is 1.14 bits per heavy atom. The van der Waals surface area contributed by atoms with Crippen molar-refractivity contribution in [2.24, 2.45) is 5.73 Å². The van der Waals surface area contributed by atoms with Gasteiger partial charge in [-0.25, -0.2) is 4.98 Å². The number of H-pyrrole nitrogens is 2. The van der Waals surface area contributed by atoms with Gasteiger partial charge in [0.2, 0.25) is 0 Å². The molecule has 0 radical (unpaired) electrons. The Hall–Kier alpha value is -3.55. The number of carbonyl (C=O) groups is 1. The van der Waals surface area contributed by atoms with E-state index in [4.69, 9.17) is 5.73 Å². The van der Waals surface area contributed by atoms with Crippen LogP contribution in [0.1, 0.15) is 21.5 Å². The van der Waals surface area contributed by atoms with E-state index in [2.05, 4.69) is 15.0 Å². The SMILES string of the molecule is Cc1c(-c2[nH]c(-c3ccnc4[nH]ccc34)cc2C(N)=O)cccc1C(F)(F)F. The van der Waals surface area contributed by atoms with E-state index < -0.39 is 17.6 Å². The summed E-state index contributed by atoms with van der Waals surface area (Å²) in [4.78, 5) is 22.3. The summed E-state index contributed by atoms with van der Waals surface area (Å²) in [6.45, 7) is 1.38. The van der Waals surface area contributed by atoms with Crippen LogP contribution < -0.4 is 5.73 Å². The second-order valence-corrected chi connectivity index (χ2v) is 6.41. The van der Waals surface area contributed by atoms with Gasteiger partial charge < -0.3 is 15.7 Å². The number of rotatable bonds is 3. The second-order valence-electron chi connectivity index (χ2n) is 6.41. The molecule has 0 saturated carbocycles. The fourth-order valence-corrected chi connectivity index (χ4v) is 3.42. The van der Waals surface area contributed by atoms with Crippen molar-refractivity contribution in [1.29, 1.82) is 0 Å². The van der Waals surface area contributed by atoms with Crippen LogP contribution in [0.25, 0.3) is 33.5 Å².